The maximum absolute atomic E-state index is 5.58. The molecule has 1 fully saturated rings. The summed E-state index contributed by atoms with van der Waals surface area (Å²) in [5.41, 5.74) is 1.91. The molecule has 1 N–H and O–H groups in total. The number of ether oxygens (including phenoxy) is 1. The summed E-state index contributed by atoms with van der Waals surface area (Å²) < 4.78 is 7.32. The van der Waals surface area contributed by atoms with Gasteiger partial charge in [0.15, 0.2) is 5.65 Å². The lowest BCUT2D eigenvalue weighted by Gasteiger charge is -2.32. The van der Waals surface area contributed by atoms with Gasteiger partial charge in [-0.3, -0.25) is 4.68 Å². The van der Waals surface area contributed by atoms with Crippen LogP contribution in [-0.2, 0) is 18.3 Å². The highest BCUT2D eigenvalue weighted by atomic mass is 16.5. The van der Waals surface area contributed by atoms with Gasteiger partial charge < -0.3 is 15.0 Å². The zero-order chi connectivity index (χ0) is 17.2. The van der Waals surface area contributed by atoms with E-state index in [9.17, 15) is 0 Å². The highest BCUT2D eigenvalue weighted by Gasteiger charge is 2.17. The molecule has 4 rings (SSSR count). The Morgan fingerprint density at radius 1 is 1.24 bits per heavy atom. The maximum Gasteiger partial charge on any atom is 0.163 e. The summed E-state index contributed by atoms with van der Waals surface area (Å²) in [6, 6.07) is 4.16. The van der Waals surface area contributed by atoms with Crippen molar-refractivity contribution in [1.29, 1.82) is 0 Å². The lowest BCUT2D eigenvalue weighted by Crippen LogP contribution is -2.41. The number of nitrogens with zero attached hydrogens (tertiary/aromatic N) is 6. The molecule has 3 aromatic rings. The zero-order valence-electron chi connectivity index (χ0n) is 14.4. The molecule has 8 nitrogen and oxygen atoms in total. The van der Waals surface area contributed by atoms with Gasteiger partial charge in [-0.1, -0.05) is 6.07 Å². The van der Waals surface area contributed by atoms with E-state index >= 15 is 0 Å². The van der Waals surface area contributed by atoms with Crippen LogP contribution in [0.4, 0.5) is 11.6 Å². The molecule has 0 radical (unpaired) electrons. The molecule has 8 heteroatoms. The van der Waals surface area contributed by atoms with E-state index in [1.54, 1.807) is 17.2 Å². The fraction of sp³-hybridized carbons (Fsp3) is 0.412. The molecule has 1 atom stereocenters. The quantitative estimate of drug-likeness (QED) is 0.773. The standard InChI is InChI=1S/C17H21N7O/c1-12-10-24(5-6-25-12)15-4-3-13(7-18-15)8-19-16-14-9-22-23(2)17(14)21-11-20-16/h3-4,7,9,11-12H,5-6,8,10H2,1-2H3,(H,19,20,21)/t12-/m1/s1. The second-order valence-electron chi connectivity index (χ2n) is 6.23. The van der Waals surface area contributed by atoms with Crippen LogP contribution >= 0.6 is 0 Å². The van der Waals surface area contributed by atoms with Gasteiger partial charge in [0.1, 0.15) is 18.0 Å². The van der Waals surface area contributed by atoms with Crippen LogP contribution < -0.4 is 10.2 Å². The molecular formula is C17H21N7O. The molecular weight excluding hydrogens is 318 g/mol. The fourth-order valence-electron chi connectivity index (χ4n) is 3.02. The Balaban J connectivity index is 1.44. The molecule has 1 saturated heterocycles. The summed E-state index contributed by atoms with van der Waals surface area (Å²) in [4.78, 5) is 15.4. The van der Waals surface area contributed by atoms with E-state index in [2.05, 4.69) is 49.3 Å². The van der Waals surface area contributed by atoms with Crippen molar-refractivity contribution in [3.63, 3.8) is 0 Å². The topological polar surface area (TPSA) is 81.0 Å². The van der Waals surface area contributed by atoms with Gasteiger partial charge in [-0.25, -0.2) is 15.0 Å². The number of morpholine rings is 1. The van der Waals surface area contributed by atoms with Gasteiger partial charge in [0.25, 0.3) is 0 Å². The summed E-state index contributed by atoms with van der Waals surface area (Å²) in [6.45, 7) is 5.25. The summed E-state index contributed by atoms with van der Waals surface area (Å²) in [5.74, 6) is 1.78. The average molecular weight is 339 g/mol. The van der Waals surface area contributed by atoms with Crippen LogP contribution in [0.3, 0.4) is 0 Å². The molecule has 0 aromatic carbocycles. The first-order chi connectivity index (χ1) is 12.2. The minimum atomic E-state index is 0.247. The Morgan fingerprint density at radius 3 is 2.96 bits per heavy atom. The Bertz CT molecular complexity index is 861. The van der Waals surface area contributed by atoms with Gasteiger partial charge in [-0.15, -0.1) is 0 Å². The van der Waals surface area contributed by atoms with E-state index in [0.29, 0.717) is 6.54 Å². The van der Waals surface area contributed by atoms with Crippen LogP contribution in [0.25, 0.3) is 11.0 Å². The van der Waals surface area contributed by atoms with Crippen LogP contribution in [0.2, 0.25) is 0 Å². The Hall–Kier alpha value is -2.74. The van der Waals surface area contributed by atoms with E-state index in [4.69, 9.17) is 4.74 Å². The summed E-state index contributed by atoms with van der Waals surface area (Å²) in [5, 5.41) is 8.49. The SMILES string of the molecule is C[C@@H]1CN(c2ccc(CNc3ncnc4c3cnn4C)cn2)CCO1. The lowest BCUT2D eigenvalue weighted by molar-refractivity contribution is 0.0529. The molecule has 0 unspecified atom stereocenters. The first-order valence-electron chi connectivity index (χ1n) is 8.39. The van der Waals surface area contributed by atoms with Crippen molar-refractivity contribution in [2.45, 2.75) is 19.6 Å². The smallest absolute Gasteiger partial charge is 0.163 e. The number of fused-ring (bicyclic) bond motifs is 1. The summed E-state index contributed by atoms with van der Waals surface area (Å²) in [6.07, 6.45) is 5.48. The van der Waals surface area contributed by atoms with E-state index in [1.807, 2.05) is 13.2 Å². The molecule has 130 valence electrons. The third-order valence-corrected chi connectivity index (χ3v) is 4.36. The van der Waals surface area contributed by atoms with Crippen LogP contribution in [0.15, 0.2) is 30.9 Å². The van der Waals surface area contributed by atoms with Crippen molar-refractivity contribution in [3.8, 4) is 0 Å². The van der Waals surface area contributed by atoms with Crippen molar-refractivity contribution in [2.75, 3.05) is 29.9 Å². The number of aryl methyl sites for hydroxylation is 1. The largest absolute Gasteiger partial charge is 0.375 e. The molecule has 0 amide bonds. The van der Waals surface area contributed by atoms with Crippen molar-refractivity contribution in [1.82, 2.24) is 24.7 Å². The van der Waals surface area contributed by atoms with Crippen molar-refractivity contribution < 1.29 is 4.74 Å². The van der Waals surface area contributed by atoms with Gasteiger partial charge in [-0.05, 0) is 18.6 Å². The second kappa shape index (κ2) is 6.64. The van der Waals surface area contributed by atoms with Gasteiger partial charge in [0.2, 0.25) is 0 Å². The third-order valence-electron chi connectivity index (χ3n) is 4.36. The fourth-order valence-corrected chi connectivity index (χ4v) is 3.02. The van der Waals surface area contributed by atoms with Crippen molar-refractivity contribution in [2.24, 2.45) is 7.05 Å². The molecule has 0 bridgehead atoms. The number of nitrogens with one attached hydrogen (secondary N) is 1. The molecule has 3 aromatic heterocycles. The molecule has 25 heavy (non-hydrogen) atoms. The number of rotatable bonds is 4. The number of anilines is 2. The normalized spacial score (nSPS) is 17.8. The number of hydrogen-bond acceptors (Lipinski definition) is 7. The van der Waals surface area contributed by atoms with Gasteiger partial charge in [0, 0.05) is 32.9 Å². The van der Waals surface area contributed by atoms with Gasteiger partial charge in [-0.2, -0.15) is 5.10 Å². The number of aromatic nitrogens is 5. The minimum absolute atomic E-state index is 0.247. The third kappa shape index (κ3) is 3.25. The summed E-state index contributed by atoms with van der Waals surface area (Å²) >= 11 is 0. The molecule has 0 saturated carbocycles. The first kappa shape index (κ1) is 15.8. The highest BCUT2D eigenvalue weighted by Crippen LogP contribution is 2.19. The second-order valence-corrected chi connectivity index (χ2v) is 6.23. The average Bonchev–Trinajstić information content (AvgIpc) is 3.02. The van der Waals surface area contributed by atoms with E-state index in [-0.39, 0.29) is 6.10 Å². The minimum Gasteiger partial charge on any atom is -0.375 e. The zero-order valence-corrected chi connectivity index (χ0v) is 14.4. The van der Waals surface area contributed by atoms with Crippen LogP contribution in [0.1, 0.15) is 12.5 Å². The maximum atomic E-state index is 5.58. The van der Waals surface area contributed by atoms with Crippen LogP contribution in [-0.4, -0.2) is 50.5 Å². The van der Waals surface area contributed by atoms with E-state index in [1.165, 1.54) is 0 Å². The molecule has 0 aliphatic carbocycles. The van der Waals surface area contributed by atoms with Gasteiger partial charge >= 0.3 is 0 Å². The Labute approximate surface area is 145 Å². The van der Waals surface area contributed by atoms with E-state index < -0.39 is 0 Å². The Morgan fingerprint density at radius 2 is 2.16 bits per heavy atom. The Kier molecular flexibility index (Phi) is 4.19. The van der Waals surface area contributed by atoms with Gasteiger partial charge in [0.05, 0.1) is 24.3 Å². The van der Waals surface area contributed by atoms with E-state index in [0.717, 1.165) is 47.9 Å². The molecule has 0 spiro atoms. The lowest BCUT2D eigenvalue weighted by atomic mass is 10.2. The first-order valence-corrected chi connectivity index (χ1v) is 8.39. The number of pyridine rings is 1. The molecule has 4 heterocycles. The predicted octanol–water partition coefficient (Wildman–Crippen LogP) is 1.60. The van der Waals surface area contributed by atoms with Crippen molar-refractivity contribution >= 4 is 22.7 Å². The number of hydrogen-bond donors (Lipinski definition) is 1. The summed E-state index contributed by atoms with van der Waals surface area (Å²) in [7, 11) is 1.87. The van der Waals surface area contributed by atoms with Crippen LogP contribution in [0, 0.1) is 0 Å². The highest BCUT2D eigenvalue weighted by molar-refractivity contribution is 5.85. The van der Waals surface area contributed by atoms with Crippen molar-refractivity contribution in [3.05, 3.63) is 36.4 Å². The predicted molar refractivity (Wildman–Crippen MR) is 95.5 cm³/mol. The monoisotopic (exact) mass is 339 g/mol. The molecule has 1 aliphatic rings. The molecule has 1 aliphatic heterocycles. The van der Waals surface area contributed by atoms with Crippen LogP contribution in [0.5, 0.6) is 0 Å².